The van der Waals surface area contributed by atoms with Crippen molar-refractivity contribution >= 4 is 29.2 Å². The molecule has 0 atom stereocenters. The highest BCUT2D eigenvalue weighted by Gasteiger charge is 2.19. The lowest BCUT2D eigenvalue weighted by molar-refractivity contribution is -0.313. The maximum absolute atomic E-state index is 12.9. The second-order valence-corrected chi connectivity index (χ2v) is 15.4. The Bertz CT molecular complexity index is 2390. The SMILES string of the molecule is CC(C)(CO)COc1ccc(NC(=O)c2cc(COOCc3ccccc3)ccc2C(=O)O)cc1.Cc1ccc(NOCc2cc(C(=O)OCc3ccccc3)ccc2COO)cc1. The van der Waals surface area contributed by atoms with Crippen molar-refractivity contribution in [3.63, 3.8) is 0 Å². The van der Waals surface area contributed by atoms with Gasteiger partial charge in [-0.2, -0.15) is 0 Å². The molecule has 5 N–H and O–H groups in total. The Labute approximate surface area is 371 Å². The summed E-state index contributed by atoms with van der Waals surface area (Å²) in [5.41, 5.74) is 9.08. The number of hydrogen-bond acceptors (Lipinski definition) is 12. The van der Waals surface area contributed by atoms with Gasteiger partial charge in [0.05, 0.1) is 35.6 Å². The van der Waals surface area contributed by atoms with E-state index in [2.05, 4.69) is 15.7 Å². The van der Waals surface area contributed by atoms with E-state index in [0.717, 1.165) is 22.4 Å². The summed E-state index contributed by atoms with van der Waals surface area (Å²) < 4.78 is 11.0. The quantitative estimate of drug-likeness (QED) is 0.0199. The minimum atomic E-state index is -1.21. The van der Waals surface area contributed by atoms with E-state index in [0.29, 0.717) is 40.3 Å². The number of hydrogen-bond donors (Lipinski definition) is 5. The summed E-state index contributed by atoms with van der Waals surface area (Å²) in [6.45, 7) is 6.77. The van der Waals surface area contributed by atoms with Gasteiger partial charge in [-0.05, 0) is 95.4 Å². The molecule has 0 unspecified atom stereocenters. The molecular weight excluding hydrogens is 821 g/mol. The third kappa shape index (κ3) is 15.8. The van der Waals surface area contributed by atoms with Gasteiger partial charge < -0.3 is 25.0 Å². The summed E-state index contributed by atoms with van der Waals surface area (Å²) >= 11 is 0. The number of carboxylic acids is 1. The Kier molecular flexibility index (Phi) is 18.5. The Morgan fingerprint density at radius 1 is 0.625 bits per heavy atom. The summed E-state index contributed by atoms with van der Waals surface area (Å²) in [5, 5.41) is 30.4. The Hall–Kier alpha value is -6.91. The Morgan fingerprint density at radius 3 is 1.88 bits per heavy atom. The minimum absolute atomic E-state index is 0.00366. The number of amides is 1. The lowest BCUT2D eigenvalue weighted by Gasteiger charge is -2.21. The van der Waals surface area contributed by atoms with Crippen LogP contribution in [0.1, 0.15) is 78.3 Å². The van der Waals surface area contributed by atoms with Crippen LogP contribution >= 0.6 is 0 Å². The Morgan fingerprint density at radius 2 is 1.25 bits per heavy atom. The summed E-state index contributed by atoms with van der Waals surface area (Å²) in [5.74, 6) is -1.62. The van der Waals surface area contributed by atoms with Crippen LogP contribution in [0.2, 0.25) is 0 Å². The second kappa shape index (κ2) is 24.7. The first-order valence-corrected chi connectivity index (χ1v) is 20.3. The van der Waals surface area contributed by atoms with Gasteiger partial charge in [0.1, 0.15) is 38.8 Å². The van der Waals surface area contributed by atoms with Crippen LogP contribution in [0, 0.1) is 12.3 Å². The molecule has 0 aromatic heterocycles. The molecule has 0 bridgehead atoms. The molecule has 14 heteroatoms. The van der Waals surface area contributed by atoms with Gasteiger partial charge in [-0.25, -0.2) is 24.3 Å². The lowest BCUT2D eigenvalue weighted by Crippen LogP contribution is -2.25. The number of benzene rings is 6. The van der Waals surface area contributed by atoms with Gasteiger partial charge in [0.15, 0.2) is 0 Å². The number of esters is 1. The summed E-state index contributed by atoms with van der Waals surface area (Å²) in [6.07, 6.45) is 0. The zero-order valence-corrected chi connectivity index (χ0v) is 35.8. The van der Waals surface area contributed by atoms with E-state index in [-0.39, 0.29) is 56.2 Å². The molecule has 0 heterocycles. The standard InChI is InChI=1S/C27H29NO7.C23H23NO5/c1-27(2,17-29)18-33-22-11-9-21(10-12-22)28-25(30)24-14-20(8-13-23(24)26(31)32)16-35-34-15-19-6-4-3-5-7-19;1-17-7-11-22(12-8-17)24-28-15-21-13-19(9-10-20(21)16-29-26)23(25)27-14-18-5-3-2-4-6-18/h3-14,29H,15-18H2,1-2H3,(H,28,30)(H,31,32);2-13,24,26H,14-16H2,1H3. The molecule has 14 nitrogen and oxygen atoms in total. The molecule has 0 aliphatic heterocycles. The van der Waals surface area contributed by atoms with Crippen LogP contribution in [0.4, 0.5) is 11.4 Å². The van der Waals surface area contributed by atoms with Gasteiger partial charge in [0, 0.05) is 11.1 Å². The molecule has 6 aromatic rings. The second-order valence-electron chi connectivity index (χ2n) is 15.4. The van der Waals surface area contributed by atoms with E-state index in [1.165, 1.54) is 12.1 Å². The Balaban J connectivity index is 0.000000245. The highest BCUT2D eigenvalue weighted by Crippen LogP contribution is 2.22. The summed E-state index contributed by atoms with van der Waals surface area (Å²) in [4.78, 5) is 57.2. The average molecular weight is 873 g/mol. The van der Waals surface area contributed by atoms with Gasteiger partial charge in [0.25, 0.3) is 5.91 Å². The van der Waals surface area contributed by atoms with Crippen LogP contribution < -0.4 is 15.5 Å². The maximum Gasteiger partial charge on any atom is 0.338 e. The predicted octanol–water partition coefficient (Wildman–Crippen LogP) is 9.57. The molecule has 0 fully saturated rings. The number of carbonyl (C=O) groups is 3. The van der Waals surface area contributed by atoms with Gasteiger partial charge >= 0.3 is 11.9 Å². The first-order chi connectivity index (χ1) is 30.9. The predicted molar refractivity (Wildman–Crippen MR) is 239 cm³/mol. The first kappa shape index (κ1) is 48.1. The van der Waals surface area contributed by atoms with E-state index < -0.39 is 17.8 Å². The molecule has 0 aliphatic carbocycles. The lowest BCUT2D eigenvalue weighted by atomic mass is 9.96. The van der Waals surface area contributed by atoms with E-state index >= 15 is 0 Å². The van der Waals surface area contributed by atoms with Crippen LogP contribution in [0.5, 0.6) is 5.75 Å². The number of carboxylic acid groups (broad SMARTS) is 1. The van der Waals surface area contributed by atoms with Crippen LogP contribution in [0.15, 0.2) is 146 Å². The molecular formula is C50H52N2O12. The molecule has 0 saturated heterocycles. The average Bonchev–Trinajstić information content (AvgIpc) is 3.31. The summed E-state index contributed by atoms with van der Waals surface area (Å²) in [7, 11) is 0. The summed E-state index contributed by atoms with van der Waals surface area (Å²) in [6, 6.07) is 42.9. The van der Waals surface area contributed by atoms with E-state index in [9.17, 15) is 24.6 Å². The number of carbonyl (C=O) groups excluding carboxylic acids is 2. The van der Waals surface area contributed by atoms with E-state index in [4.69, 9.17) is 29.3 Å². The number of nitrogens with one attached hydrogen (secondary N) is 2. The fourth-order valence-electron chi connectivity index (χ4n) is 5.73. The van der Waals surface area contributed by atoms with Gasteiger partial charge in [-0.1, -0.05) is 104 Å². The number of rotatable bonds is 21. The third-order valence-electron chi connectivity index (χ3n) is 9.45. The van der Waals surface area contributed by atoms with Crippen molar-refractivity contribution in [1.29, 1.82) is 0 Å². The highest BCUT2D eigenvalue weighted by molar-refractivity contribution is 6.10. The molecule has 334 valence electrons. The van der Waals surface area contributed by atoms with Crippen LogP contribution in [0.25, 0.3) is 0 Å². The number of ether oxygens (including phenoxy) is 2. The van der Waals surface area contributed by atoms with Crippen molar-refractivity contribution in [3.05, 3.63) is 196 Å². The fourth-order valence-corrected chi connectivity index (χ4v) is 5.73. The maximum atomic E-state index is 12.9. The molecule has 64 heavy (non-hydrogen) atoms. The van der Waals surface area contributed by atoms with E-state index in [1.807, 2.05) is 106 Å². The van der Waals surface area contributed by atoms with Crippen LogP contribution in [-0.4, -0.2) is 46.5 Å². The number of aliphatic hydroxyl groups excluding tert-OH is 1. The molecule has 0 radical (unpaired) electrons. The monoisotopic (exact) mass is 872 g/mol. The number of aliphatic hydroxyl groups is 1. The zero-order valence-electron chi connectivity index (χ0n) is 35.8. The van der Waals surface area contributed by atoms with Crippen molar-refractivity contribution in [2.24, 2.45) is 5.41 Å². The third-order valence-corrected chi connectivity index (χ3v) is 9.45. The van der Waals surface area contributed by atoms with Crippen LogP contribution in [0.3, 0.4) is 0 Å². The van der Waals surface area contributed by atoms with Gasteiger partial charge in [-0.3, -0.25) is 20.4 Å². The normalized spacial score (nSPS) is 10.9. The topological polar surface area (TPSA) is 191 Å². The molecule has 0 saturated carbocycles. The zero-order chi connectivity index (χ0) is 45.7. The highest BCUT2D eigenvalue weighted by atomic mass is 17.2. The van der Waals surface area contributed by atoms with Crippen molar-refractivity contribution in [3.8, 4) is 5.75 Å². The van der Waals surface area contributed by atoms with Crippen LogP contribution in [-0.2, 0) is 57.3 Å². The molecule has 0 spiro atoms. The van der Waals surface area contributed by atoms with Gasteiger partial charge in [-0.15, -0.1) is 0 Å². The molecule has 6 aromatic carbocycles. The van der Waals surface area contributed by atoms with Crippen molar-refractivity contribution < 1.29 is 58.8 Å². The number of aromatic carboxylic acids is 1. The number of aryl methyl sites for hydroxylation is 1. The largest absolute Gasteiger partial charge is 0.493 e. The minimum Gasteiger partial charge on any atom is -0.493 e. The van der Waals surface area contributed by atoms with Gasteiger partial charge in [0.2, 0.25) is 0 Å². The molecule has 1 amide bonds. The van der Waals surface area contributed by atoms with Crippen molar-refractivity contribution in [2.45, 2.75) is 53.8 Å². The smallest absolute Gasteiger partial charge is 0.338 e. The number of anilines is 2. The van der Waals surface area contributed by atoms with Crippen molar-refractivity contribution in [2.75, 3.05) is 24.0 Å². The first-order valence-electron chi connectivity index (χ1n) is 20.3. The van der Waals surface area contributed by atoms with Crippen molar-refractivity contribution in [1.82, 2.24) is 0 Å². The molecule has 0 aliphatic rings. The van der Waals surface area contributed by atoms with E-state index in [1.54, 1.807) is 48.5 Å². The fraction of sp³-hybridized carbons (Fsp3) is 0.220. The molecule has 6 rings (SSSR count).